The Bertz CT molecular complexity index is 515. The van der Waals surface area contributed by atoms with Gasteiger partial charge in [-0.25, -0.2) is 4.57 Å². The first kappa shape index (κ1) is 41.4. The van der Waals surface area contributed by atoms with E-state index < -0.39 is 6.95 Å². The summed E-state index contributed by atoms with van der Waals surface area (Å²) in [5.41, 5.74) is 0. The first-order chi connectivity index (χ1) is 20.0. The van der Waals surface area contributed by atoms with Gasteiger partial charge >= 0.3 is 6.95 Å². The Hall–Kier alpha value is 0.440. The van der Waals surface area contributed by atoms with E-state index in [0.29, 0.717) is 25.0 Å². The summed E-state index contributed by atoms with van der Waals surface area (Å²) in [6.07, 6.45) is 36.0. The first-order valence-corrected chi connectivity index (χ1v) is 21.0. The van der Waals surface area contributed by atoms with E-state index in [4.69, 9.17) is 20.3 Å². The number of hydrogen-bond acceptors (Lipinski definition) is 3. The highest BCUT2D eigenvalue weighted by atomic mass is 35.7. The van der Waals surface area contributed by atoms with Crippen LogP contribution in [0.25, 0.3) is 0 Å². The zero-order chi connectivity index (χ0) is 30.3. The van der Waals surface area contributed by atoms with Crippen LogP contribution in [0.1, 0.15) is 207 Å². The number of halogens is 1. The highest BCUT2D eigenvalue weighted by molar-refractivity contribution is 7.81. The molecule has 0 aliphatic heterocycles. The van der Waals surface area contributed by atoms with Crippen LogP contribution in [0.2, 0.25) is 0 Å². The topological polar surface area (TPSA) is 35.5 Å². The predicted molar refractivity (Wildman–Crippen MR) is 184 cm³/mol. The molecule has 0 rings (SSSR count). The summed E-state index contributed by atoms with van der Waals surface area (Å²) in [4.78, 5) is 0. The fourth-order valence-corrected chi connectivity index (χ4v) is 7.09. The van der Waals surface area contributed by atoms with Gasteiger partial charge in [0.25, 0.3) is 0 Å². The first-order valence-electron chi connectivity index (χ1n) is 18.6. The Kier molecular flexibility index (Phi) is 32.2. The molecule has 41 heavy (non-hydrogen) atoms. The van der Waals surface area contributed by atoms with Crippen LogP contribution in [-0.4, -0.2) is 13.2 Å². The molecule has 0 bridgehead atoms. The van der Waals surface area contributed by atoms with Crippen molar-refractivity contribution < 1.29 is 13.6 Å². The third-order valence-electron chi connectivity index (χ3n) is 8.79. The van der Waals surface area contributed by atoms with E-state index in [0.717, 1.165) is 25.7 Å². The van der Waals surface area contributed by atoms with E-state index in [2.05, 4.69) is 27.7 Å². The number of hydrogen-bond donors (Lipinski definition) is 0. The molecule has 0 aliphatic carbocycles. The Morgan fingerprint density at radius 3 is 0.878 bits per heavy atom. The van der Waals surface area contributed by atoms with E-state index >= 15 is 0 Å². The summed E-state index contributed by atoms with van der Waals surface area (Å²) in [6.45, 7) is 6.49. The normalized spacial score (nSPS) is 14.8. The lowest BCUT2D eigenvalue weighted by molar-refractivity contribution is 0.156. The highest BCUT2D eigenvalue weighted by Gasteiger charge is 2.25. The van der Waals surface area contributed by atoms with Crippen LogP contribution in [0.3, 0.4) is 0 Å². The molecule has 3 nitrogen and oxygen atoms in total. The van der Waals surface area contributed by atoms with Crippen molar-refractivity contribution in [1.29, 1.82) is 0 Å². The van der Waals surface area contributed by atoms with Gasteiger partial charge in [0.2, 0.25) is 0 Å². The van der Waals surface area contributed by atoms with Crippen LogP contribution in [0.15, 0.2) is 0 Å². The molecule has 0 fully saturated rings. The standard InChI is InChI=1S/C36H74ClO3P/c1-5-9-13-17-19-23-27-31-35(29-25-21-15-11-7-3)33-39-41(37,38)40-34-36(30-26-22-16-12-8-4)32-28-24-20-18-14-10-6-2/h35-36H,5-34H2,1-4H3. The van der Waals surface area contributed by atoms with Gasteiger partial charge in [-0.15, -0.1) is 0 Å². The SMILES string of the molecule is CCCCCCCCCC(CCCCCCC)COP(=O)(Cl)OCC(CCCCCCC)CCCCCCCCC. The molecular weight excluding hydrogens is 547 g/mol. The van der Waals surface area contributed by atoms with Crippen LogP contribution in [0.4, 0.5) is 0 Å². The second-order valence-electron chi connectivity index (χ2n) is 13.0. The minimum Gasteiger partial charge on any atom is -0.297 e. The van der Waals surface area contributed by atoms with Crippen molar-refractivity contribution in [3.63, 3.8) is 0 Å². The van der Waals surface area contributed by atoms with Crippen LogP contribution < -0.4 is 0 Å². The van der Waals surface area contributed by atoms with Gasteiger partial charge in [0.05, 0.1) is 13.2 Å². The molecule has 248 valence electrons. The van der Waals surface area contributed by atoms with E-state index in [9.17, 15) is 4.57 Å². The molecule has 0 aromatic heterocycles. The Morgan fingerprint density at radius 1 is 0.415 bits per heavy atom. The number of rotatable bonds is 34. The maximum atomic E-state index is 13.1. The predicted octanol–water partition coefficient (Wildman–Crippen LogP) is 14.6. The van der Waals surface area contributed by atoms with Gasteiger partial charge < -0.3 is 0 Å². The number of unbranched alkanes of at least 4 members (excludes halogenated alkanes) is 20. The maximum Gasteiger partial charge on any atom is 0.424 e. The van der Waals surface area contributed by atoms with E-state index in [1.165, 1.54) is 154 Å². The lowest BCUT2D eigenvalue weighted by atomic mass is 9.95. The van der Waals surface area contributed by atoms with Gasteiger partial charge in [-0.1, -0.05) is 182 Å². The smallest absolute Gasteiger partial charge is 0.297 e. The van der Waals surface area contributed by atoms with Crippen molar-refractivity contribution in [1.82, 2.24) is 0 Å². The molecule has 0 radical (unpaired) electrons. The minimum atomic E-state index is -3.54. The van der Waals surface area contributed by atoms with Crippen LogP contribution >= 0.6 is 18.2 Å². The molecule has 0 aliphatic rings. The summed E-state index contributed by atoms with van der Waals surface area (Å²) in [5, 5.41) is 0. The summed E-state index contributed by atoms with van der Waals surface area (Å²) in [5.74, 6) is 0.870. The highest BCUT2D eigenvalue weighted by Crippen LogP contribution is 2.54. The minimum absolute atomic E-state index is 0.435. The molecule has 2 atom stereocenters. The molecule has 0 N–H and O–H groups in total. The summed E-state index contributed by atoms with van der Waals surface area (Å²) in [6, 6.07) is 0. The molecular formula is C36H74ClO3P. The van der Waals surface area contributed by atoms with Crippen molar-refractivity contribution in [2.45, 2.75) is 207 Å². The lowest BCUT2D eigenvalue weighted by Gasteiger charge is -2.22. The molecule has 0 saturated heterocycles. The summed E-state index contributed by atoms with van der Waals surface area (Å²) in [7, 11) is 0. The second-order valence-corrected chi connectivity index (χ2v) is 15.6. The zero-order valence-corrected chi connectivity index (χ0v) is 30.1. The molecule has 0 aromatic rings. The van der Waals surface area contributed by atoms with E-state index in [1.54, 1.807) is 0 Å². The molecule has 5 heteroatoms. The molecule has 0 heterocycles. The van der Waals surface area contributed by atoms with Crippen molar-refractivity contribution in [2.75, 3.05) is 13.2 Å². The van der Waals surface area contributed by atoms with Crippen LogP contribution in [0.5, 0.6) is 0 Å². The van der Waals surface area contributed by atoms with E-state index in [-0.39, 0.29) is 0 Å². The van der Waals surface area contributed by atoms with Gasteiger partial charge in [-0.05, 0) is 37.5 Å². The molecule has 0 saturated carbocycles. The summed E-state index contributed by atoms with van der Waals surface area (Å²) >= 11 is 6.41. The van der Waals surface area contributed by atoms with Gasteiger partial charge in [0.1, 0.15) is 0 Å². The van der Waals surface area contributed by atoms with E-state index in [1.807, 2.05) is 0 Å². The molecule has 2 unspecified atom stereocenters. The second kappa shape index (κ2) is 31.9. The van der Waals surface area contributed by atoms with Crippen molar-refractivity contribution >= 4 is 18.2 Å². The van der Waals surface area contributed by atoms with Gasteiger partial charge in [0.15, 0.2) is 0 Å². The molecule has 0 aromatic carbocycles. The van der Waals surface area contributed by atoms with Crippen LogP contribution in [-0.2, 0) is 13.6 Å². The summed E-state index contributed by atoms with van der Waals surface area (Å²) < 4.78 is 24.9. The van der Waals surface area contributed by atoms with Crippen LogP contribution in [0, 0.1) is 11.8 Å². The average molecular weight is 621 g/mol. The van der Waals surface area contributed by atoms with Gasteiger partial charge in [-0.3, -0.25) is 9.05 Å². The average Bonchev–Trinajstić information content (AvgIpc) is 2.96. The Labute approximate surface area is 263 Å². The third-order valence-corrected chi connectivity index (χ3v) is 10.3. The molecule has 0 spiro atoms. The maximum absolute atomic E-state index is 13.1. The zero-order valence-electron chi connectivity index (χ0n) is 28.4. The largest absolute Gasteiger partial charge is 0.424 e. The lowest BCUT2D eigenvalue weighted by Crippen LogP contribution is -2.12. The Balaban J connectivity index is 4.64. The third kappa shape index (κ3) is 30.3. The van der Waals surface area contributed by atoms with Gasteiger partial charge in [0, 0.05) is 11.2 Å². The van der Waals surface area contributed by atoms with Crippen molar-refractivity contribution in [3.8, 4) is 0 Å². The Morgan fingerprint density at radius 2 is 0.634 bits per heavy atom. The van der Waals surface area contributed by atoms with Gasteiger partial charge in [-0.2, -0.15) is 0 Å². The fraction of sp³-hybridized carbons (Fsp3) is 1.00. The van der Waals surface area contributed by atoms with Crippen molar-refractivity contribution in [3.05, 3.63) is 0 Å². The quantitative estimate of drug-likeness (QED) is 0.0530. The monoisotopic (exact) mass is 621 g/mol. The van der Waals surface area contributed by atoms with Crippen molar-refractivity contribution in [2.24, 2.45) is 11.8 Å². The fourth-order valence-electron chi connectivity index (χ4n) is 5.90. The molecule has 0 amide bonds.